The zero-order valence-electron chi connectivity index (χ0n) is 25.9. The van der Waals surface area contributed by atoms with Gasteiger partial charge in [-0.2, -0.15) is 10.2 Å². The number of nitrogens with zero attached hydrogens (tertiary/aromatic N) is 3. The van der Waals surface area contributed by atoms with Crippen LogP contribution in [0.1, 0.15) is 21.5 Å². The van der Waals surface area contributed by atoms with Crippen molar-refractivity contribution in [3.63, 3.8) is 0 Å². The number of nitrogens with one attached hydrogen (secondary N) is 3. The van der Waals surface area contributed by atoms with Gasteiger partial charge in [-0.3, -0.25) is 14.4 Å². The largest absolute Gasteiger partial charge is 0.489 e. The first kappa shape index (κ1) is 32.4. The van der Waals surface area contributed by atoms with Crippen molar-refractivity contribution in [3.8, 4) is 22.7 Å². The summed E-state index contributed by atoms with van der Waals surface area (Å²) in [7, 11) is 0. The Bertz CT molecular complexity index is 2100. The smallest absolute Gasteiger partial charge is 0.329 e. The third-order valence-corrected chi connectivity index (χ3v) is 7.49. The Morgan fingerprint density at radius 1 is 0.755 bits per heavy atom. The first-order valence-corrected chi connectivity index (χ1v) is 15.5. The predicted molar refractivity (Wildman–Crippen MR) is 190 cm³/mol. The minimum Gasteiger partial charge on any atom is -0.489 e. The molecule has 0 spiro atoms. The average Bonchev–Trinajstić information content (AvgIpc) is 3.57. The predicted octanol–water partition coefficient (Wildman–Crippen LogP) is 7.11. The number of amides is 3. The number of ether oxygens (including phenoxy) is 1. The molecule has 242 valence electrons. The molecule has 1 heterocycles. The number of halogens is 1. The number of carbonyl (C=O) groups is 3. The van der Waals surface area contributed by atoms with Gasteiger partial charge in [-0.1, -0.05) is 72.3 Å². The lowest BCUT2D eigenvalue weighted by molar-refractivity contribution is -0.136. The Labute approximate surface area is 287 Å². The first-order chi connectivity index (χ1) is 23.9. The zero-order chi connectivity index (χ0) is 34.0. The zero-order valence-corrected chi connectivity index (χ0v) is 26.7. The standard InChI is InChI=1S/C38H29ClN6O4/c39-29-17-19-30(20-18-29)41-36(46)33-13-7-8-14-34(33)42-37(47)38(48)43-40-23-28-24-45(31-11-5-2-6-12-31)44-35(28)27-15-21-32(22-16-27)49-25-26-9-3-1-4-10-26/h1-24H,25H2,(H,41,46)(H,42,47)(H,43,48). The number of benzene rings is 5. The van der Waals surface area contributed by atoms with Crippen molar-refractivity contribution in [1.82, 2.24) is 15.2 Å². The van der Waals surface area contributed by atoms with E-state index in [4.69, 9.17) is 21.4 Å². The van der Waals surface area contributed by atoms with E-state index in [1.165, 1.54) is 18.3 Å². The molecule has 6 rings (SSSR count). The Kier molecular flexibility index (Phi) is 10.2. The molecule has 0 aliphatic rings. The Balaban J connectivity index is 1.14. The third kappa shape index (κ3) is 8.45. The topological polar surface area (TPSA) is 127 Å². The van der Waals surface area contributed by atoms with Crippen molar-refractivity contribution in [3.05, 3.63) is 161 Å². The van der Waals surface area contributed by atoms with Crippen molar-refractivity contribution in [2.75, 3.05) is 10.6 Å². The third-order valence-electron chi connectivity index (χ3n) is 7.24. The van der Waals surface area contributed by atoms with E-state index in [1.807, 2.05) is 84.9 Å². The van der Waals surface area contributed by atoms with Crippen molar-refractivity contribution in [2.24, 2.45) is 5.10 Å². The van der Waals surface area contributed by atoms with Gasteiger partial charge >= 0.3 is 11.8 Å². The number of anilines is 2. The van der Waals surface area contributed by atoms with E-state index >= 15 is 0 Å². The van der Waals surface area contributed by atoms with Crippen LogP contribution in [0.3, 0.4) is 0 Å². The number of carbonyl (C=O) groups excluding carboxylic acids is 3. The van der Waals surface area contributed by atoms with E-state index in [0.29, 0.717) is 34.3 Å². The van der Waals surface area contributed by atoms with Crippen molar-refractivity contribution >= 4 is 46.9 Å². The number of aromatic nitrogens is 2. The molecule has 0 aliphatic heterocycles. The molecule has 0 saturated carbocycles. The minimum absolute atomic E-state index is 0.153. The molecule has 0 unspecified atom stereocenters. The van der Waals surface area contributed by atoms with Crippen molar-refractivity contribution in [1.29, 1.82) is 0 Å². The fourth-order valence-corrected chi connectivity index (χ4v) is 4.91. The summed E-state index contributed by atoms with van der Waals surface area (Å²) in [6.45, 7) is 0.441. The maximum absolute atomic E-state index is 12.9. The fraction of sp³-hybridized carbons (Fsp3) is 0.0263. The lowest BCUT2D eigenvalue weighted by Crippen LogP contribution is -2.33. The lowest BCUT2D eigenvalue weighted by Gasteiger charge is -2.11. The molecule has 5 aromatic carbocycles. The fourth-order valence-electron chi connectivity index (χ4n) is 4.78. The van der Waals surface area contributed by atoms with Gasteiger partial charge in [-0.15, -0.1) is 0 Å². The van der Waals surface area contributed by atoms with Crippen LogP contribution in [0.2, 0.25) is 5.02 Å². The van der Waals surface area contributed by atoms with E-state index in [0.717, 1.165) is 16.8 Å². The van der Waals surface area contributed by atoms with Crippen LogP contribution in [-0.2, 0) is 16.2 Å². The summed E-state index contributed by atoms with van der Waals surface area (Å²) in [4.78, 5) is 38.5. The molecule has 6 aromatic rings. The first-order valence-electron chi connectivity index (χ1n) is 15.2. The number of rotatable bonds is 10. The lowest BCUT2D eigenvalue weighted by atomic mass is 10.1. The highest BCUT2D eigenvalue weighted by Crippen LogP contribution is 2.26. The van der Waals surface area contributed by atoms with Gasteiger partial charge in [0.05, 0.1) is 23.2 Å². The second-order valence-corrected chi connectivity index (χ2v) is 11.1. The monoisotopic (exact) mass is 668 g/mol. The Hall–Kier alpha value is -6.52. The van der Waals surface area contributed by atoms with Crippen LogP contribution in [0.15, 0.2) is 145 Å². The molecule has 3 amide bonds. The van der Waals surface area contributed by atoms with Gasteiger partial charge in [0.2, 0.25) is 0 Å². The summed E-state index contributed by atoms with van der Waals surface area (Å²) in [5.74, 6) is -1.81. The van der Waals surface area contributed by atoms with Crippen molar-refractivity contribution in [2.45, 2.75) is 6.61 Å². The second kappa shape index (κ2) is 15.4. The van der Waals surface area contributed by atoms with Gasteiger partial charge in [0.15, 0.2) is 0 Å². The normalized spacial score (nSPS) is 10.8. The molecule has 0 bridgehead atoms. The number of hydrazone groups is 1. The molecule has 0 atom stereocenters. The van der Waals surface area contributed by atoms with Crippen molar-refractivity contribution < 1.29 is 19.1 Å². The molecule has 0 saturated heterocycles. The second-order valence-electron chi connectivity index (χ2n) is 10.7. The Morgan fingerprint density at radius 3 is 2.16 bits per heavy atom. The van der Waals surface area contributed by atoms with Crippen LogP contribution in [0.5, 0.6) is 5.75 Å². The maximum Gasteiger partial charge on any atom is 0.329 e. The molecular formula is C38H29ClN6O4. The van der Waals surface area contributed by atoms with Crippen LogP contribution in [0.25, 0.3) is 16.9 Å². The highest BCUT2D eigenvalue weighted by atomic mass is 35.5. The molecule has 49 heavy (non-hydrogen) atoms. The quantitative estimate of drug-likeness (QED) is 0.0815. The Morgan fingerprint density at radius 2 is 1.43 bits per heavy atom. The summed E-state index contributed by atoms with van der Waals surface area (Å²) in [5, 5.41) is 14.6. The number of para-hydroxylation sites is 2. The van der Waals surface area contributed by atoms with Crippen LogP contribution in [0, 0.1) is 0 Å². The van der Waals surface area contributed by atoms with Crippen LogP contribution < -0.4 is 20.8 Å². The minimum atomic E-state index is -1.03. The van der Waals surface area contributed by atoms with Gasteiger partial charge in [0.25, 0.3) is 5.91 Å². The van der Waals surface area contributed by atoms with Crippen LogP contribution in [0.4, 0.5) is 11.4 Å². The molecule has 3 N–H and O–H groups in total. The molecular weight excluding hydrogens is 640 g/mol. The van der Waals surface area contributed by atoms with Gasteiger partial charge in [0, 0.05) is 28.0 Å². The highest BCUT2D eigenvalue weighted by molar-refractivity contribution is 6.40. The molecule has 1 aromatic heterocycles. The van der Waals surface area contributed by atoms with Crippen LogP contribution >= 0.6 is 11.6 Å². The van der Waals surface area contributed by atoms with Gasteiger partial charge in [-0.05, 0) is 78.4 Å². The SMILES string of the molecule is O=C(NN=Cc1cn(-c2ccccc2)nc1-c1ccc(OCc2ccccc2)cc1)C(=O)Nc1ccccc1C(=O)Nc1ccc(Cl)cc1. The summed E-state index contributed by atoms with van der Waals surface area (Å²) in [6, 6.07) is 39.9. The van der Waals surface area contributed by atoms with E-state index in [2.05, 4.69) is 21.2 Å². The average molecular weight is 669 g/mol. The molecule has 0 radical (unpaired) electrons. The van der Waals surface area contributed by atoms with Crippen LogP contribution in [-0.4, -0.2) is 33.7 Å². The molecule has 0 fully saturated rings. The van der Waals surface area contributed by atoms with E-state index in [1.54, 1.807) is 47.3 Å². The van der Waals surface area contributed by atoms with Gasteiger partial charge in [-0.25, -0.2) is 10.1 Å². The molecule has 0 aliphatic carbocycles. The summed E-state index contributed by atoms with van der Waals surface area (Å²) >= 11 is 5.93. The van der Waals surface area contributed by atoms with E-state index in [-0.39, 0.29) is 11.3 Å². The highest BCUT2D eigenvalue weighted by Gasteiger charge is 2.18. The number of hydrogen-bond donors (Lipinski definition) is 3. The van der Waals surface area contributed by atoms with E-state index in [9.17, 15) is 14.4 Å². The van der Waals surface area contributed by atoms with E-state index < -0.39 is 17.7 Å². The summed E-state index contributed by atoms with van der Waals surface area (Å²) < 4.78 is 7.64. The number of hydrogen-bond acceptors (Lipinski definition) is 6. The maximum atomic E-state index is 12.9. The summed E-state index contributed by atoms with van der Waals surface area (Å²) in [6.07, 6.45) is 3.19. The summed E-state index contributed by atoms with van der Waals surface area (Å²) in [5.41, 5.74) is 6.97. The molecule has 10 nitrogen and oxygen atoms in total. The molecule has 11 heteroatoms. The van der Waals surface area contributed by atoms with Gasteiger partial charge < -0.3 is 15.4 Å². The van der Waals surface area contributed by atoms with Gasteiger partial charge in [0.1, 0.15) is 18.1 Å².